The van der Waals surface area contributed by atoms with Crippen LogP contribution in [0.15, 0.2) is 12.1 Å². The number of pyridine rings is 1. The Bertz CT molecular complexity index is 514. The van der Waals surface area contributed by atoms with E-state index >= 15 is 0 Å². The lowest BCUT2D eigenvalue weighted by Gasteiger charge is -2.21. The number of rotatable bonds is 3. The van der Waals surface area contributed by atoms with Gasteiger partial charge in [0, 0.05) is 13.6 Å². The highest BCUT2D eigenvalue weighted by Gasteiger charge is 2.34. The van der Waals surface area contributed by atoms with Crippen molar-refractivity contribution >= 4 is 5.82 Å². The van der Waals surface area contributed by atoms with E-state index in [1.165, 1.54) is 0 Å². The lowest BCUT2D eigenvalue weighted by Crippen LogP contribution is -2.26. The molecule has 0 aliphatic carbocycles. The van der Waals surface area contributed by atoms with Crippen LogP contribution >= 0.6 is 0 Å². The standard InChI is InChI=1S/C11H9F6N3/c1-20(5-4-10(12,13)14)9-7(6-18)2-3-8(19-9)11(15,16)17/h2-3H,4-5H2,1H3. The van der Waals surface area contributed by atoms with Crippen LogP contribution in [0.3, 0.4) is 0 Å². The van der Waals surface area contributed by atoms with Gasteiger partial charge in [-0.25, -0.2) is 4.98 Å². The Morgan fingerprint density at radius 3 is 2.25 bits per heavy atom. The Balaban J connectivity index is 3.06. The van der Waals surface area contributed by atoms with E-state index in [4.69, 9.17) is 5.26 Å². The topological polar surface area (TPSA) is 39.9 Å². The first-order valence-electron chi connectivity index (χ1n) is 5.31. The molecule has 0 amide bonds. The zero-order valence-corrected chi connectivity index (χ0v) is 10.2. The molecular weight excluding hydrogens is 288 g/mol. The lowest BCUT2D eigenvalue weighted by atomic mass is 10.2. The third kappa shape index (κ3) is 4.29. The van der Waals surface area contributed by atoms with Crippen molar-refractivity contribution in [2.24, 2.45) is 0 Å². The lowest BCUT2D eigenvalue weighted by molar-refractivity contribution is -0.141. The molecule has 0 atom stereocenters. The summed E-state index contributed by atoms with van der Waals surface area (Å²) in [5, 5.41) is 8.77. The van der Waals surface area contributed by atoms with E-state index in [0.717, 1.165) is 18.0 Å². The van der Waals surface area contributed by atoms with Crippen LogP contribution in [0.1, 0.15) is 17.7 Å². The molecular formula is C11H9F6N3. The van der Waals surface area contributed by atoms with Gasteiger partial charge < -0.3 is 4.90 Å². The summed E-state index contributed by atoms with van der Waals surface area (Å²) in [6, 6.07) is 3.09. The summed E-state index contributed by atoms with van der Waals surface area (Å²) in [6.45, 7) is -0.591. The number of nitrogens with zero attached hydrogens (tertiary/aromatic N) is 3. The average molecular weight is 297 g/mol. The predicted octanol–water partition coefficient (Wildman–Crippen LogP) is 3.36. The molecule has 0 saturated heterocycles. The quantitative estimate of drug-likeness (QED) is 0.803. The van der Waals surface area contributed by atoms with Crippen molar-refractivity contribution in [2.75, 3.05) is 18.5 Å². The predicted molar refractivity (Wildman–Crippen MR) is 57.9 cm³/mol. The molecule has 0 bridgehead atoms. The third-order valence-corrected chi connectivity index (χ3v) is 2.38. The fourth-order valence-corrected chi connectivity index (χ4v) is 1.38. The molecule has 9 heteroatoms. The Labute approximate surface area is 110 Å². The molecule has 0 radical (unpaired) electrons. The highest BCUT2D eigenvalue weighted by atomic mass is 19.4. The van der Waals surface area contributed by atoms with Crippen LogP contribution in [0, 0.1) is 11.3 Å². The first-order chi connectivity index (χ1) is 9.04. The maximum atomic E-state index is 12.5. The van der Waals surface area contributed by atoms with Gasteiger partial charge in [-0.1, -0.05) is 0 Å². The first-order valence-corrected chi connectivity index (χ1v) is 5.31. The molecule has 1 aromatic rings. The summed E-state index contributed by atoms with van der Waals surface area (Å²) in [6.07, 6.45) is -10.4. The van der Waals surface area contributed by atoms with Crippen LogP contribution in [0.25, 0.3) is 0 Å². The fraction of sp³-hybridized carbons (Fsp3) is 0.455. The zero-order valence-electron chi connectivity index (χ0n) is 10.2. The maximum Gasteiger partial charge on any atom is 0.433 e. The zero-order chi connectivity index (χ0) is 15.6. The second-order valence-corrected chi connectivity index (χ2v) is 3.96. The molecule has 0 unspecified atom stereocenters. The molecule has 1 heterocycles. The number of hydrogen-bond donors (Lipinski definition) is 0. The summed E-state index contributed by atoms with van der Waals surface area (Å²) in [5.41, 5.74) is -1.48. The molecule has 0 aliphatic heterocycles. The molecule has 3 nitrogen and oxygen atoms in total. The van der Waals surface area contributed by atoms with Crippen LogP contribution in [0.5, 0.6) is 0 Å². The summed E-state index contributed by atoms with van der Waals surface area (Å²) in [5.74, 6) is -0.424. The molecule has 110 valence electrons. The van der Waals surface area contributed by atoms with Crippen molar-refractivity contribution in [1.82, 2.24) is 4.98 Å². The number of halogens is 6. The molecule has 0 aromatic carbocycles. The van der Waals surface area contributed by atoms with Gasteiger partial charge in [0.1, 0.15) is 17.6 Å². The van der Waals surface area contributed by atoms with E-state index in [9.17, 15) is 26.3 Å². The first kappa shape index (κ1) is 16.1. The summed E-state index contributed by atoms with van der Waals surface area (Å²) < 4.78 is 73.8. The highest BCUT2D eigenvalue weighted by molar-refractivity contribution is 5.54. The van der Waals surface area contributed by atoms with Crippen LogP contribution < -0.4 is 4.90 Å². The number of hydrogen-bond acceptors (Lipinski definition) is 3. The van der Waals surface area contributed by atoms with Gasteiger partial charge in [0.15, 0.2) is 0 Å². The van der Waals surface area contributed by atoms with Crippen molar-refractivity contribution < 1.29 is 26.3 Å². The van der Waals surface area contributed by atoms with Crippen LogP contribution in [-0.2, 0) is 6.18 Å². The molecule has 0 saturated carbocycles. The number of anilines is 1. The minimum absolute atomic E-state index is 0.220. The molecule has 0 N–H and O–H groups in total. The fourth-order valence-electron chi connectivity index (χ4n) is 1.38. The normalized spacial score (nSPS) is 12.1. The van der Waals surface area contributed by atoms with Crippen molar-refractivity contribution in [3.05, 3.63) is 23.4 Å². The van der Waals surface area contributed by atoms with Gasteiger partial charge in [-0.05, 0) is 12.1 Å². The smallest absolute Gasteiger partial charge is 0.358 e. The van der Waals surface area contributed by atoms with Gasteiger partial charge in [0.05, 0.1) is 12.0 Å². The average Bonchev–Trinajstić information content (AvgIpc) is 2.33. The molecule has 0 spiro atoms. The third-order valence-electron chi connectivity index (χ3n) is 2.38. The van der Waals surface area contributed by atoms with Gasteiger partial charge in [-0.15, -0.1) is 0 Å². The Morgan fingerprint density at radius 1 is 1.20 bits per heavy atom. The van der Waals surface area contributed by atoms with E-state index in [2.05, 4.69) is 4.98 Å². The molecule has 0 aliphatic rings. The van der Waals surface area contributed by atoms with Crippen LogP contribution in [0.2, 0.25) is 0 Å². The van der Waals surface area contributed by atoms with Crippen LogP contribution in [0.4, 0.5) is 32.2 Å². The summed E-state index contributed by atoms with van der Waals surface area (Å²) >= 11 is 0. The minimum atomic E-state index is -4.73. The molecule has 20 heavy (non-hydrogen) atoms. The molecule has 0 fully saturated rings. The summed E-state index contributed by atoms with van der Waals surface area (Å²) in [4.78, 5) is 4.10. The van der Waals surface area contributed by atoms with Crippen molar-refractivity contribution in [1.29, 1.82) is 5.26 Å². The van der Waals surface area contributed by atoms with Gasteiger partial charge in [0.2, 0.25) is 0 Å². The van der Waals surface area contributed by atoms with Gasteiger partial charge >= 0.3 is 12.4 Å². The van der Waals surface area contributed by atoms with Crippen molar-refractivity contribution in [3.63, 3.8) is 0 Å². The second kappa shape index (κ2) is 5.56. The number of aromatic nitrogens is 1. The van der Waals surface area contributed by atoms with Gasteiger partial charge in [-0.3, -0.25) is 0 Å². The Morgan fingerprint density at radius 2 is 1.80 bits per heavy atom. The molecule has 1 aromatic heterocycles. The monoisotopic (exact) mass is 297 g/mol. The largest absolute Gasteiger partial charge is 0.433 e. The van der Waals surface area contributed by atoms with E-state index in [1.54, 1.807) is 6.07 Å². The highest BCUT2D eigenvalue weighted by Crippen LogP contribution is 2.30. The van der Waals surface area contributed by atoms with E-state index in [-0.39, 0.29) is 5.56 Å². The van der Waals surface area contributed by atoms with Crippen LogP contribution in [-0.4, -0.2) is 24.8 Å². The van der Waals surface area contributed by atoms with Crippen molar-refractivity contribution in [3.8, 4) is 6.07 Å². The van der Waals surface area contributed by atoms with E-state index < -0.39 is 36.8 Å². The number of alkyl halides is 6. The van der Waals surface area contributed by atoms with E-state index in [1.807, 2.05) is 0 Å². The molecule has 1 rings (SSSR count). The number of nitriles is 1. The Hall–Kier alpha value is -1.98. The van der Waals surface area contributed by atoms with Crippen molar-refractivity contribution in [2.45, 2.75) is 18.8 Å². The Kier molecular flexibility index (Phi) is 4.47. The van der Waals surface area contributed by atoms with Gasteiger partial charge in [-0.2, -0.15) is 31.6 Å². The van der Waals surface area contributed by atoms with Gasteiger partial charge in [0.25, 0.3) is 0 Å². The van der Waals surface area contributed by atoms with E-state index in [0.29, 0.717) is 6.07 Å². The second-order valence-electron chi connectivity index (χ2n) is 3.96. The minimum Gasteiger partial charge on any atom is -0.358 e. The summed E-state index contributed by atoms with van der Waals surface area (Å²) in [7, 11) is 1.15. The SMILES string of the molecule is CN(CCC(F)(F)F)c1nc(C(F)(F)F)ccc1C#N. The maximum absolute atomic E-state index is 12.5.